The number of hydrogen-bond acceptors (Lipinski definition) is 3. The molecule has 4 heteroatoms. The van der Waals surface area contributed by atoms with Crippen molar-refractivity contribution in [2.75, 3.05) is 12.4 Å². The molecule has 92 valence electrons. The highest BCUT2D eigenvalue weighted by Crippen LogP contribution is 2.04. The third-order valence-corrected chi connectivity index (χ3v) is 6.20. The molecule has 0 heterocycles. The molecule has 0 aliphatic carbocycles. The van der Waals surface area contributed by atoms with Crippen LogP contribution in [-0.2, 0) is 9.53 Å². The van der Waals surface area contributed by atoms with Gasteiger partial charge in [-0.1, -0.05) is 48.6 Å². The van der Waals surface area contributed by atoms with Gasteiger partial charge in [-0.05, 0) is 13.1 Å². The molecular formula is C13H19NO2Si. The first-order valence-electron chi connectivity index (χ1n) is 5.58. The van der Waals surface area contributed by atoms with Crippen LogP contribution in [0.4, 0.5) is 0 Å². The Kier molecular flexibility index (Phi) is 4.66. The summed E-state index contributed by atoms with van der Waals surface area (Å²) in [6, 6.07) is 10.0. The smallest absolute Gasteiger partial charge is 0.332 e. The summed E-state index contributed by atoms with van der Waals surface area (Å²) in [5.41, 5.74) is 6.27. The van der Waals surface area contributed by atoms with Crippen molar-refractivity contribution in [3.63, 3.8) is 0 Å². The molecule has 17 heavy (non-hydrogen) atoms. The predicted octanol–water partition coefficient (Wildman–Crippen LogP) is 1.13. The van der Waals surface area contributed by atoms with Crippen molar-refractivity contribution in [1.29, 1.82) is 0 Å². The van der Waals surface area contributed by atoms with Gasteiger partial charge in [-0.2, -0.15) is 0 Å². The van der Waals surface area contributed by atoms with Crippen molar-refractivity contribution >= 4 is 19.2 Å². The van der Waals surface area contributed by atoms with Crippen molar-refractivity contribution in [2.24, 2.45) is 5.73 Å². The highest BCUT2D eigenvalue weighted by molar-refractivity contribution is 6.91. The average Bonchev–Trinajstić information content (AvgIpc) is 2.36. The number of nitrogens with two attached hydrogens (primary N) is 1. The van der Waals surface area contributed by atoms with Gasteiger partial charge in [0.25, 0.3) is 0 Å². The van der Waals surface area contributed by atoms with Gasteiger partial charge < -0.3 is 10.5 Å². The molecule has 0 saturated heterocycles. The minimum Gasteiger partial charge on any atom is -0.466 e. The van der Waals surface area contributed by atoms with Crippen molar-refractivity contribution in [3.8, 4) is 0 Å². The third-order valence-electron chi connectivity index (χ3n) is 2.79. The summed E-state index contributed by atoms with van der Waals surface area (Å²) >= 11 is 0. The second kappa shape index (κ2) is 5.79. The van der Waals surface area contributed by atoms with Gasteiger partial charge in [0.2, 0.25) is 0 Å². The first-order valence-corrected chi connectivity index (χ1v) is 8.49. The molecular weight excluding hydrogens is 230 g/mol. The Labute approximate surface area is 103 Å². The second-order valence-corrected chi connectivity index (χ2v) is 8.88. The first-order chi connectivity index (χ1) is 7.99. The molecule has 0 aromatic heterocycles. The third kappa shape index (κ3) is 3.54. The van der Waals surface area contributed by atoms with E-state index in [0.717, 1.165) is 0 Å². The number of rotatable bonds is 5. The lowest BCUT2D eigenvalue weighted by Crippen LogP contribution is -2.56. The summed E-state index contributed by atoms with van der Waals surface area (Å²) in [4.78, 5) is 11.4. The zero-order chi connectivity index (χ0) is 12.9. The van der Waals surface area contributed by atoms with Gasteiger partial charge in [0.15, 0.2) is 0 Å². The number of benzene rings is 1. The fraction of sp³-hybridized carbons (Fsp3) is 0.308. The molecule has 1 atom stereocenters. The Morgan fingerprint density at radius 3 is 2.47 bits per heavy atom. The van der Waals surface area contributed by atoms with E-state index in [1.54, 1.807) is 6.92 Å². The average molecular weight is 249 g/mol. The van der Waals surface area contributed by atoms with E-state index >= 15 is 0 Å². The van der Waals surface area contributed by atoms with Crippen molar-refractivity contribution < 1.29 is 9.53 Å². The maximum atomic E-state index is 11.4. The predicted molar refractivity (Wildman–Crippen MR) is 72.5 cm³/mol. The van der Waals surface area contributed by atoms with Crippen LogP contribution in [0.5, 0.6) is 0 Å². The van der Waals surface area contributed by atoms with Crippen molar-refractivity contribution in [3.05, 3.63) is 42.5 Å². The zero-order valence-electron chi connectivity index (χ0n) is 10.4. The summed E-state index contributed by atoms with van der Waals surface area (Å²) in [7, 11) is -1.91. The number of carbonyl (C=O) groups is 1. The fourth-order valence-electron chi connectivity index (χ4n) is 1.45. The lowest BCUT2D eigenvalue weighted by molar-refractivity contribution is -0.137. The van der Waals surface area contributed by atoms with Gasteiger partial charge in [-0.15, -0.1) is 0 Å². The SMILES string of the molecule is C=C(C)C(=O)OC[Si](C)(CN)c1ccccc1. The first kappa shape index (κ1) is 13.7. The van der Waals surface area contributed by atoms with E-state index in [-0.39, 0.29) is 5.97 Å². The molecule has 2 N–H and O–H groups in total. The second-order valence-electron chi connectivity index (χ2n) is 4.49. The molecule has 0 spiro atoms. The van der Waals surface area contributed by atoms with Crippen LogP contribution in [-0.4, -0.2) is 26.4 Å². The van der Waals surface area contributed by atoms with Crippen molar-refractivity contribution in [1.82, 2.24) is 0 Å². The van der Waals surface area contributed by atoms with Gasteiger partial charge in [0.05, 0.1) is 6.23 Å². The Morgan fingerprint density at radius 1 is 1.41 bits per heavy atom. The summed E-state index contributed by atoms with van der Waals surface area (Å²) in [6.07, 6.45) is 0.958. The van der Waals surface area contributed by atoms with E-state index in [2.05, 4.69) is 13.1 Å². The number of carbonyl (C=O) groups excluding carboxylic acids is 1. The highest BCUT2D eigenvalue weighted by atomic mass is 28.3. The van der Waals surface area contributed by atoms with E-state index < -0.39 is 8.07 Å². The van der Waals surface area contributed by atoms with Crippen LogP contribution < -0.4 is 10.9 Å². The van der Waals surface area contributed by atoms with E-state index in [1.165, 1.54) is 5.19 Å². The zero-order valence-corrected chi connectivity index (χ0v) is 11.4. The lowest BCUT2D eigenvalue weighted by atomic mass is 10.4. The van der Waals surface area contributed by atoms with E-state index in [1.807, 2.05) is 30.3 Å². The van der Waals surface area contributed by atoms with Gasteiger partial charge in [0.1, 0.15) is 8.07 Å². The van der Waals surface area contributed by atoms with Gasteiger partial charge in [0, 0.05) is 5.57 Å². The number of hydrogen-bond donors (Lipinski definition) is 1. The summed E-state index contributed by atoms with van der Waals surface area (Å²) in [6.45, 7) is 7.33. The topological polar surface area (TPSA) is 52.3 Å². The number of esters is 1. The quantitative estimate of drug-likeness (QED) is 0.483. The maximum absolute atomic E-state index is 11.4. The Bertz CT molecular complexity index is 405. The van der Waals surface area contributed by atoms with Crippen LogP contribution in [0.3, 0.4) is 0 Å². The molecule has 1 aromatic rings. The normalized spacial score (nSPS) is 13.8. The monoisotopic (exact) mass is 249 g/mol. The van der Waals surface area contributed by atoms with Crippen molar-refractivity contribution in [2.45, 2.75) is 13.5 Å². The molecule has 0 aliphatic heterocycles. The molecule has 1 aromatic carbocycles. The molecule has 3 nitrogen and oxygen atoms in total. The Morgan fingerprint density at radius 2 is 2.00 bits per heavy atom. The lowest BCUT2D eigenvalue weighted by Gasteiger charge is -2.25. The van der Waals surface area contributed by atoms with E-state index in [9.17, 15) is 4.79 Å². The maximum Gasteiger partial charge on any atom is 0.332 e. The van der Waals surface area contributed by atoms with Crippen LogP contribution in [0.25, 0.3) is 0 Å². The summed E-state index contributed by atoms with van der Waals surface area (Å²) in [5.74, 6) is -0.340. The Balaban J connectivity index is 2.77. The molecule has 0 radical (unpaired) electrons. The van der Waals surface area contributed by atoms with Gasteiger partial charge in [-0.25, -0.2) is 4.79 Å². The standard InChI is InChI=1S/C13H19NO2Si/c1-11(2)13(15)16-10-17(3,9-14)12-7-5-4-6-8-12/h4-8H,1,9-10,14H2,2-3H3. The summed E-state index contributed by atoms with van der Waals surface area (Å²) in [5, 5.41) is 1.21. The molecule has 0 fully saturated rings. The molecule has 0 aliphatic rings. The molecule has 0 saturated carbocycles. The van der Waals surface area contributed by atoms with E-state index in [4.69, 9.17) is 10.5 Å². The van der Waals surface area contributed by atoms with Crippen LogP contribution in [0.2, 0.25) is 6.55 Å². The Hall–Kier alpha value is -1.39. The van der Waals surface area contributed by atoms with Gasteiger partial charge in [-0.3, -0.25) is 0 Å². The minimum absolute atomic E-state index is 0.340. The van der Waals surface area contributed by atoms with Crippen LogP contribution in [0.15, 0.2) is 42.5 Å². The van der Waals surface area contributed by atoms with Crippen LogP contribution in [0.1, 0.15) is 6.92 Å². The molecule has 0 bridgehead atoms. The molecule has 1 unspecified atom stereocenters. The highest BCUT2D eigenvalue weighted by Gasteiger charge is 2.29. The number of ether oxygens (including phenoxy) is 1. The van der Waals surface area contributed by atoms with Gasteiger partial charge >= 0.3 is 5.97 Å². The van der Waals surface area contributed by atoms with Crippen LogP contribution in [0, 0.1) is 0 Å². The van der Waals surface area contributed by atoms with E-state index in [0.29, 0.717) is 18.0 Å². The molecule has 0 amide bonds. The van der Waals surface area contributed by atoms with Crippen LogP contribution >= 0.6 is 0 Å². The minimum atomic E-state index is -1.91. The summed E-state index contributed by atoms with van der Waals surface area (Å²) < 4.78 is 5.26. The fourth-order valence-corrected chi connectivity index (χ4v) is 3.42. The largest absolute Gasteiger partial charge is 0.466 e. The molecule has 1 rings (SSSR count).